The summed E-state index contributed by atoms with van der Waals surface area (Å²) in [5.41, 5.74) is 5.43. The molecule has 18 heavy (non-hydrogen) atoms. The second kappa shape index (κ2) is 5.06. The second-order valence-electron chi connectivity index (χ2n) is 5.21. The number of carbonyl (C=O) groups excluding carboxylic acids is 1. The molecule has 4 N–H and O–H groups in total. The Bertz CT molecular complexity index is 426. The second-order valence-corrected chi connectivity index (χ2v) is 5.21. The SMILES string of the molecule is CCCc1nc(C(=O)NC(C)(CN)C2CC2)n[nH]1. The van der Waals surface area contributed by atoms with E-state index < -0.39 is 0 Å². The van der Waals surface area contributed by atoms with E-state index >= 15 is 0 Å². The zero-order chi connectivity index (χ0) is 13.2. The van der Waals surface area contributed by atoms with E-state index in [2.05, 4.69) is 27.4 Å². The maximum absolute atomic E-state index is 12.1. The highest BCUT2D eigenvalue weighted by Gasteiger charge is 2.42. The van der Waals surface area contributed by atoms with Crippen molar-refractivity contribution in [2.45, 2.75) is 45.1 Å². The highest BCUT2D eigenvalue weighted by Crippen LogP contribution is 2.39. The molecule has 1 unspecified atom stereocenters. The van der Waals surface area contributed by atoms with Gasteiger partial charge < -0.3 is 11.1 Å². The quantitative estimate of drug-likeness (QED) is 0.690. The van der Waals surface area contributed by atoms with Crippen LogP contribution in [0, 0.1) is 5.92 Å². The van der Waals surface area contributed by atoms with Crippen molar-refractivity contribution in [3.8, 4) is 0 Å². The molecule has 0 bridgehead atoms. The average molecular weight is 251 g/mol. The Balaban J connectivity index is 2.01. The largest absolute Gasteiger partial charge is 0.343 e. The molecule has 1 aliphatic carbocycles. The van der Waals surface area contributed by atoms with Gasteiger partial charge in [0.2, 0.25) is 5.82 Å². The van der Waals surface area contributed by atoms with Crippen LogP contribution in [0.2, 0.25) is 0 Å². The molecular formula is C12H21N5O. The first-order valence-corrected chi connectivity index (χ1v) is 6.53. The van der Waals surface area contributed by atoms with Gasteiger partial charge in [-0.15, -0.1) is 5.10 Å². The number of amides is 1. The Kier molecular flexibility index (Phi) is 3.65. The van der Waals surface area contributed by atoms with Gasteiger partial charge >= 0.3 is 0 Å². The van der Waals surface area contributed by atoms with Crippen LogP contribution in [0.4, 0.5) is 0 Å². The summed E-state index contributed by atoms with van der Waals surface area (Å²) in [5.74, 6) is 1.20. The average Bonchev–Trinajstić information content (AvgIpc) is 3.11. The number of nitrogens with two attached hydrogens (primary N) is 1. The number of nitrogens with zero attached hydrogens (tertiary/aromatic N) is 2. The summed E-state index contributed by atoms with van der Waals surface area (Å²) < 4.78 is 0. The van der Waals surface area contributed by atoms with Gasteiger partial charge in [0.1, 0.15) is 5.82 Å². The molecule has 6 nitrogen and oxygen atoms in total. The number of aromatic nitrogens is 3. The summed E-state index contributed by atoms with van der Waals surface area (Å²) >= 11 is 0. The van der Waals surface area contributed by atoms with Crippen molar-refractivity contribution >= 4 is 5.91 Å². The summed E-state index contributed by atoms with van der Waals surface area (Å²) in [6, 6.07) is 0. The molecule has 0 radical (unpaired) electrons. The van der Waals surface area contributed by atoms with Crippen LogP contribution in [-0.4, -0.2) is 33.2 Å². The summed E-state index contributed by atoms with van der Waals surface area (Å²) in [5, 5.41) is 9.69. The van der Waals surface area contributed by atoms with Crippen molar-refractivity contribution < 1.29 is 4.79 Å². The van der Waals surface area contributed by atoms with Crippen molar-refractivity contribution in [1.29, 1.82) is 0 Å². The van der Waals surface area contributed by atoms with Crippen molar-refractivity contribution in [3.63, 3.8) is 0 Å². The Morgan fingerprint density at radius 2 is 2.33 bits per heavy atom. The minimum atomic E-state index is -0.331. The van der Waals surface area contributed by atoms with Gasteiger partial charge in [-0.1, -0.05) is 6.92 Å². The van der Waals surface area contributed by atoms with E-state index in [-0.39, 0.29) is 17.3 Å². The van der Waals surface area contributed by atoms with Crippen LogP contribution in [0.5, 0.6) is 0 Å². The van der Waals surface area contributed by atoms with E-state index in [4.69, 9.17) is 5.73 Å². The lowest BCUT2D eigenvalue weighted by molar-refractivity contribution is 0.0887. The summed E-state index contributed by atoms with van der Waals surface area (Å²) in [7, 11) is 0. The van der Waals surface area contributed by atoms with Crippen molar-refractivity contribution in [3.05, 3.63) is 11.6 Å². The van der Waals surface area contributed by atoms with Gasteiger partial charge in [0.15, 0.2) is 0 Å². The minimum Gasteiger partial charge on any atom is -0.343 e. The molecule has 1 aliphatic rings. The zero-order valence-electron chi connectivity index (χ0n) is 11.0. The molecule has 1 aromatic heterocycles. The van der Waals surface area contributed by atoms with Crippen LogP contribution >= 0.6 is 0 Å². The number of aromatic amines is 1. The number of rotatable bonds is 6. The molecule has 1 atom stereocenters. The molecule has 1 fully saturated rings. The highest BCUT2D eigenvalue weighted by atomic mass is 16.2. The van der Waals surface area contributed by atoms with Gasteiger partial charge in [-0.05, 0) is 32.1 Å². The maximum atomic E-state index is 12.1. The number of aryl methyl sites for hydroxylation is 1. The van der Waals surface area contributed by atoms with E-state index in [1.54, 1.807) is 0 Å². The Labute approximate surface area is 107 Å². The first kappa shape index (κ1) is 13.0. The van der Waals surface area contributed by atoms with Crippen molar-refractivity contribution in [2.24, 2.45) is 11.7 Å². The normalized spacial score (nSPS) is 18.4. The molecule has 1 saturated carbocycles. The third-order valence-electron chi connectivity index (χ3n) is 3.52. The predicted octanol–water partition coefficient (Wildman–Crippen LogP) is 0.614. The Hall–Kier alpha value is -1.43. The van der Waals surface area contributed by atoms with Gasteiger partial charge in [-0.2, -0.15) is 0 Å². The fraction of sp³-hybridized carbons (Fsp3) is 0.750. The predicted molar refractivity (Wildman–Crippen MR) is 68.0 cm³/mol. The van der Waals surface area contributed by atoms with E-state index in [1.807, 2.05) is 6.92 Å². The van der Waals surface area contributed by atoms with Crippen LogP contribution in [0.15, 0.2) is 0 Å². The monoisotopic (exact) mass is 251 g/mol. The van der Waals surface area contributed by atoms with Gasteiger partial charge in [-0.25, -0.2) is 4.98 Å². The minimum absolute atomic E-state index is 0.207. The van der Waals surface area contributed by atoms with Crippen LogP contribution in [-0.2, 0) is 6.42 Å². The number of nitrogens with one attached hydrogen (secondary N) is 2. The molecule has 0 aliphatic heterocycles. The lowest BCUT2D eigenvalue weighted by atomic mass is 9.96. The zero-order valence-corrected chi connectivity index (χ0v) is 11.0. The van der Waals surface area contributed by atoms with E-state index in [0.717, 1.165) is 31.5 Å². The lowest BCUT2D eigenvalue weighted by Gasteiger charge is -2.28. The topological polar surface area (TPSA) is 96.7 Å². The van der Waals surface area contributed by atoms with Crippen molar-refractivity contribution in [1.82, 2.24) is 20.5 Å². The van der Waals surface area contributed by atoms with E-state index in [1.165, 1.54) is 0 Å². The van der Waals surface area contributed by atoms with Crippen LogP contribution < -0.4 is 11.1 Å². The lowest BCUT2D eigenvalue weighted by Crippen LogP contribution is -2.53. The van der Waals surface area contributed by atoms with Crippen LogP contribution in [0.1, 0.15) is 49.6 Å². The third kappa shape index (κ3) is 2.69. The smallest absolute Gasteiger partial charge is 0.291 e. The van der Waals surface area contributed by atoms with Crippen molar-refractivity contribution in [2.75, 3.05) is 6.54 Å². The summed E-state index contributed by atoms with van der Waals surface area (Å²) in [4.78, 5) is 16.2. The van der Waals surface area contributed by atoms with Crippen LogP contribution in [0.25, 0.3) is 0 Å². The molecule has 0 spiro atoms. The molecule has 0 aromatic carbocycles. The molecule has 1 amide bonds. The Morgan fingerprint density at radius 1 is 1.61 bits per heavy atom. The first-order chi connectivity index (χ1) is 8.59. The van der Waals surface area contributed by atoms with E-state index in [0.29, 0.717) is 12.5 Å². The number of carbonyl (C=O) groups is 1. The third-order valence-corrected chi connectivity index (χ3v) is 3.52. The molecule has 1 aromatic rings. The molecular weight excluding hydrogens is 230 g/mol. The van der Waals surface area contributed by atoms with Gasteiger partial charge in [0.05, 0.1) is 5.54 Å². The number of H-pyrrole nitrogens is 1. The van der Waals surface area contributed by atoms with Gasteiger partial charge in [0, 0.05) is 13.0 Å². The van der Waals surface area contributed by atoms with Crippen LogP contribution in [0.3, 0.4) is 0 Å². The first-order valence-electron chi connectivity index (χ1n) is 6.53. The number of hydrogen-bond donors (Lipinski definition) is 3. The Morgan fingerprint density at radius 3 is 2.89 bits per heavy atom. The van der Waals surface area contributed by atoms with E-state index in [9.17, 15) is 4.79 Å². The highest BCUT2D eigenvalue weighted by molar-refractivity contribution is 5.90. The fourth-order valence-corrected chi connectivity index (χ4v) is 2.10. The summed E-state index contributed by atoms with van der Waals surface area (Å²) in [6.45, 7) is 4.48. The standard InChI is InChI=1S/C12H21N5O/c1-3-4-9-14-10(17-16-9)11(18)15-12(2,7-13)8-5-6-8/h8H,3-7,13H2,1-2H3,(H,15,18)(H,14,16,17). The molecule has 0 saturated heterocycles. The number of hydrogen-bond acceptors (Lipinski definition) is 4. The molecule has 1 heterocycles. The molecule has 6 heteroatoms. The fourth-order valence-electron chi connectivity index (χ4n) is 2.10. The maximum Gasteiger partial charge on any atom is 0.291 e. The summed E-state index contributed by atoms with van der Waals surface area (Å²) in [6.07, 6.45) is 4.03. The van der Waals surface area contributed by atoms with Gasteiger partial charge in [0.25, 0.3) is 5.91 Å². The van der Waals surface area contributed by atoms with Gasteiger partial charge in [-0.3, -0.25) is 9.89 Å². The molecule has 100 valence electrons. The molecule has 2 rings (SSSR count).